The lowest BCUT2D eigenvalue weighted by Gasteiger charge is -2.13. The minimum Gasteiger partial charge on any atom is -0.442 e. The van der Waals surface area contributed by atoms with Gasteiger partial charge in [-0.15, -0.1) is 0 Å². The molecular formula is C16H22N2O3. The number of hydrogen-bond acceptors (Lipinski definition) is 3. The third kappa shape index (κ3) is 4.21. The second-order valence-corrected chi connectivity index (χ2v) is 5.32. The summed E-state index contributed by atoms with van der Waals surface area (Å²) in [4.78, 5) is 24.4. The summed E-state index contributed by atoms with van der Waals surface area (Å²) in [6.07, 6.45) is 2.76. The van der Waals surface area contributed by atoms with Crippen molar-refractivity contribution < 1.29 is 14.3 Å². The Bertz CT molecular complexity index is 499. The van der Waals surface area contributed by atoms with Crippen molar-refractivity contribution in [2.24, 2.45) is 0 Å². The Labute approximate surface area is 125 Å². The molecule has 0 aromatic heterocycles. The molecule has 2 rings (SSSR count). The van der Waals surface area contributed by atoms with Gasteiger partial charge in [0.15, 0.2) is 0 Å². The van der Waals surface area contributed by atoms with E-state index in [2.05, 4.69) is 24.4 Å². The van der Waals surface area contributed by atoms with Gasteiger partial charge in [0.05, 0.1) is 13.1 Å². The number of hydrogen-bond donors (Lipinski definition) is 1. The summed E-state index contributed by atoms with van der Waals surface area (Å²) in [5.74, 6) is -0.121. The van der Waals surface area contributed by atoms with Crippen molar-refractivity contribution in [3.8, 4) is 0 Å². The Balaban J connectivity index is 1.95. The number of amides is 2. The summed E-state index contributed by atoms with van der Waals surface area (Å²) >= 11 is 0. The average Bonchev–Trinajstić information content (AvgIpc) is 2.84. The molecule has 1 aromatic rings. The van der Waals surface area contributed by atoms with E-state index in [1.165, 1.54) is 25.3 Å². The number of aryl methyl sites for hydroxylation is 1. The van der Waals surface area contributed by atoms with Crippen LogP contribution in [0.4, 0.5) is 10.5 Å². The number of nitrogens with one attached hydrogen (secondary N) is 1. The van der Waals surface area contributed by atoms with Crippen LogP contribution in [0.5, 0.6) is 0 Å². The maximum absolute atomic E-state index is 11.9. The van der Waals surface area contributed by atoms with Crippen LogP contribution in [0.15, 0.2) is 24.3 Å². The molecule has 0 saturated carbocycles. The van der Waals surface area contributed by atoms with Crippen LogP contribution < -0.4 is 10.2 Å². The van der Waals surface area contributed by atoms with E-state index in [9.17, 15) is 9.59 Å². The molecule has 5 nitrogen and oxygen atoms in total. The van der Waals surface area contributed by atoms with Gasteiger partial charge in [-0.25, -0.2) is 4.79 Å². The van der Waals surface area contributed by atoms with Crippen LogP contribution in [0, 0.1) is 0 Å². The highest BCUT2D eigenvalue weighted by molar-refractivity contribution is 5.89. The SMILES string of the molecule is CCCCc1ccc(N2C[C@@H](CNC(C)=O)OC2=O)cc1. The molecule has 1 N–H and O–H groups in total. The van der Waals surface area contributed by atoms with E-state index in [0.29, 0.717) is 13.1 Å². The number of rotatable bonds is 6. The molecule has 0 aliphatic carbocycles. The molecule has 1 saturated heterocycles. The molecule has 5 heteroatoms. The molecule has 1 aromatic carbocycles. The summed E-state index contributed by atoms with van der Waals surface area (Å²) in [6, 6.07) is 8.01. The van der Waals surface area contributed by atoms with Gasteiger partial charge >= 0.3 is 6.09 Å². The molecule has 0 radical (unpaired) electrons. The van der Waals surface area contributed by atoms with E-state index in [1.54, 1.807) is 4.90 Å². The van der Waals surface area contributed by atoms with Crippen LogP contribution in [0.2, 0.25) is 0 Å². The molecule has 0 unspecified atom stereocenters. The number of cyclic esters (lactones) is 1. The summed E-state index contributed by atoms with van der Waals surface area (Å²) in [6.45, 7) is 4.44. The van der Waals surface area contributed by atoms with Crippen LogP contribution in [-0.2, 0) is 16.0 Å². The van der Waals surface area contributed by atoms with Gasteiger partial charge in [-0.2, -0.15) is 0 Å². The van der Waals surface area contributed by atoms with Gasteiger partial charge in [0, 0.05) is 12.6 Å². The lowest BCUT2D eigenvalue weighted by molar-refractivity contribution is -0.119. The minimum atomic E-state index is -0.355. The molecule has 1 atom stereocenters. The standard InChI is InChI=1S/C16H22N2O3/c1-3-4-5-13-6-8-14(9-7-13)18-11-15(21-16(18)20)10-17-12(2)19/h6-9,15H,3-5,10-11H2,1-2H3,(H,17,19)/t15-/m1/s1. The smallest absolute Gasteiger partial charge is 0.414 e. The molecule has 114 valence electrons. The highest BCUT2D eigenvalue weighted by Crippen LogP contribution is 2.22. The van der Waals surface area contributed by atoms with Gasteiger partial charge in [-0.3, -0.25) is 9.69 Å². The molecule has 2 amide bonds. The van der Waals surface area contributed by atoms with Gasteiger partial charge < -0.3 is 10.1 Å². The summed E-state index contributed by atoms with van der Waals surface area (Å²) in [7, 11) is 0. The predicted molar refractivity (Wildman–Crippen MR) is 81.4 cm³/mol. The quantitative estimate of drug-likeness (QED) is 0.875. The van der Waals surface area contributed by atoms with E-state index in [0.717, 1.165) is 12.1 Å². The van der Waals surface area contributed by atoms with Gasteiger partial charge in [0.1, 0.15) is 6.10 Å². The first-order valence-corrected chi connectivity index (χ1v) is 7.41. The monoisotopic (exact) mass is 290 g/mol. The number of carbonyl (C=O) groups is 2. The number of unbranched alkanes of at least 4 members (excludes halogenated alkanes) is 1. The topological polar surface area (TPSA) is 58.6 Å². The molecule has 21 heavy (non-hydrogen) atoms. The van der Waals surface area contributed by atoms with Crippen molar-refractivity contribution in [3.63, 3.8) is 0 Å². The number of nitrogens with zero attached hydrogens (tertiary/aromatic N) is 1. The number of carbonyl (C=O) groups excluding carboxylic acids is 2. The lowest BCUT2D eigenvalue weighted by atomic mass is 10.1. The molecule has 1 fully saturated rings. The van der Waals surface area contributed by atoms with Crippen LogP contribution in [0.3, 0.4) is 0 Å². The highest BCUT2D eigenvalue weighted by Gasteiger charge is 2.32. The van der Waals surface area contributed by atoms with Gasteiger partial charge in [-0.1, -0.05) is 25.5 Å². The summed E-state index contributed by atoms with van der Waals surface area (Å²) < 4.78 is 5.25. The molecule has 1 aliphatic heterocycles. The number of benzene rings is 1. The second kappa shape index (κ2) is 7.11. The summed E-state index contributed by atoms with van der Waals surface area (Å²) in [5.41, 5.74) is 2.12. The third-order valence-corrected chi connectivity index (χ3v) is 3.52. The van der Waals surface area contributed by atoms with Crippen LogP contribution in [-0.4, -0.2) is 31.2 Å². The molecular weight excluding hydrogens is 268 g/mol. The second-order valence-electron chi connectivity index (χ2n) is 5.32. The Morgan fingerprint density at radius 3 is 2.71 bits per heavy atom. The average molecular weight is 290 g/mol. The molecule has 1 heterocycles. The normalized spacial score (nSPS) is 17.7. The first-order chi connectivity index (χ1) is 10.1. The van der Waals surface area contributed by atoms with Gasteiger partial charge in [0.2, 0.25) is 5.91 Å². The number of ether oxygens (including phenoxy) is 1. The zero-order valence-corrected chi connectivity index (χ0v) is 12.6. The Morgan fingerprint density at radius 2 is 2.10 bits per heavy atom. The van der Waals surface area contributed by atoms with Crippen molar-refractivity contribution in [1.82, 2.24) is 5.32 Å². The number of anilines is 1. The maximum atomic E-state index is 11.9. The van der Waals surface area contributed by atoms with Crippen molar-refractivity contribution >= 4 is 17.7 Å². The van der Waals surface area contributed by atoms with Crippen molar-refractivity contribution in [1.29, 1.82) is 0 Å². The highest BCUT2D eigenvalue weighted by atomic mass is 16.6. The third-order valence-electron chi connectivity index (χ3n) is 3.52. The van der Waals surface area contributed by atoms with E-state index in [1.807, 2.05) is 12.1 Å². The molecule has 0 spiro atoms. The fourth-order valence-corrected chi connectivity index (χ4v) is 2.32. The van der Waals surface area contributed by atoms with Crippen LogP contribution in [0.1, 0.15) is 32.3 Å². The Kier molecular flexibility index (Phi) is 5.20. The van der Waals surface area contributed by atoms with E-state index < -0.39 is 0 Å². The van der Waals surface area contributed by atoms with Crippen molar-refractivity contribution in [3.05, 3.63) is 29.8 Å². The van der Waals surface area contributed by atoms with Gasteiger partial charge in [0.25, 0.3) is 0 Å². The zero-order chi connectivity index (χ0) is 15.2. The molecule has 0 bridgehead atoms. The molecule has 1 aliphatic rings. The summed E-state index contributed by atoms with van der Waals surface area (Å²) in [5, 5.41) is 2.67. The zero-order valence-electron chi connectivity index (χ0n) is 12.6. The predicted octanol–water partition coefficient (Wildman–Crippen LogP) is 2.49. The van der Waals surface area contributed by atoms with Crippen molar-refractivity contribution in [2.75, 3.05) is 18.0 Å². The first kappa shape index (κ1) is 15.4. The van der Waals surface area contributed by atoms with Crippen molar-refractivity contribution in [2.45, 2.75) is 39.2 Å². The maximum Gasteiger partial charge on any atom is 0.414 e. The minimum absolute atomic E-state index is 0.121. The van der Waals surface area contributed by atoms with E-state index in [-0.39, 0.29) is 18.1 Å². The van der Waals surface area contributed by atoms with E-state index >= 15 is 0 Å². The Hall–Kier alpha value is -2.04. The first-order valence-electron chi connectivity index (χ1n) is 7.41. The lowest BCUT2D eigenvalue weighted by Crippen LogP contribution is -2.33. The fourth-order valence-electron chi connectivity index (χ4n) is 2.32. The Morgan fingerprint density at radius 1 is 1.38 bits per heavy atom. The van der Waals surface area contributed by atoms with E-state index in [4.69, 9.17) is 4.74 Å². The van der Waals surface area contributed by atoms with Gasteiger partial charge in [-0.05, 0) is 30.5 Å². The van der Waals surface area contributed by atoms with Crippen LogP contribution >= 0.6 is 0 Å². The fraction of sp³-hybridized carbons (Fsp3) is 0.500. The largest absolute Gasteiger partial charge is 0.442 e. The van der Waals surface area contributed by atoms with Crippen LogP contribution in [0.25, 0.3) is 0 Å².